The van der Waals surface area contributed by atoms with E-state index in [0.29, 0.717) is 42.1 Å². The lowest BCUT2D eigenvalue weighted by Crippen LogP contribution is -2.32. The van der Waals surface area contributed by atoms with E-state index in [1.165, 1.54) is 0 Å². The molecule has 20 heavy (non-hydrogen) atoms. The largest absolute Gasteiger partial charge is 0.487 e. The fourth-order valence-corrected chi connectivity index (χ4v) is 2.58. The van der Waals surface area contributed by atoms with Crippen molar-refractivity contribution in [1.29, 1.82) is 0 Å². The third-order valence-electron chi connectivity index (χ3n) is 2.89. The normalized spacial score (nSPS) is 15.3. The zero-order chi connectivity index (χ0) is 14.5. The van der Waals surface area contributed by atoms with Crippen LogP contribution in [0.4, 0.5) is 0 Å². The van der Waals surface area contributed by atoms with Gasteiger partial charge in [0.2, 0.25) is 0 Å². The average molecular weight is 318 g/mol. The van der Waals surface area contributed by atoms with Crippen LogP contribution in [0.25, 0.3) is 6.08 Å². The summed E-state index contributed by atoms with van der Waals surface area (Å²) in [5.41, 5.74) is 1.95. The molecule has 0 bridgehead atoms. The second-order valence-electron chi connectivity index (χ2n) is 4.64. The van der Waals surface area contributed by atoms with Gasteiger partial charge in [0.05, 0.1) is 17.7 Å². The van der Waals surface area contributed by atoms with Crippen LogP contribution in [0, 0.1) is 0 Å². The first-order chi connectivity index (χ1) is 9.60. The molecule has 0 saturated heterocycles. The molecule has 0 spiro atoms. The summed E-state index contributed by atoms with van der Waals surface area (Å²) in [5.74, 6) is 0.666. The molecule has 1 aromatic carbocycles. The van der Waals surface area contributed by atoms with Gasteiger partial charge >= 0.3 is 0 Å². The minimum absolute atomic E-state index is 0.316. The monoisotopic (exact) mass is 317 g/mol. The zero-order valence-electron chi connectivity index (χ0n) is 11.2. The van der Waals surface area contributed by atoms with Gasteiger partial charge in [0.1, 0.15) is 12.4 Å². The summed E-state index contributed by atoms with van der Waals surface area (Å²) in [5, 5.41) is 13.8. The molecule has 1 heterocycles. The van der Waals surface area contributed by atoms with Gasteiger partial charge in [0, 0.05) is 30.8 Å². The Balaban J connectivity index is 1.96. The van der Waals surface area contributed by atoms with Crippen LogP contribution in [0.15, 0.2) is 17.7 Å². The van der Waals surface area contributed by atoms with Crippen LogP contribution in [-0.4, -0.2) is 44.6 Å². The summed E-state index contributed by atoms with van der Waals surface area (Å²) >= 11 is 12.1. The van der Waals surface area contributed by atoms with E-state index < -0.39 is 6.10 Å². The predicted molar refractivity (Wildman–Crippen MR) is 80.7 cm³/mol. The van der Waals surface area contributed by atoms with E-state index in [1.54, 1.807) is 13.2 Å². The van der Waals surface area contributed by atoms with Crippen molar-refractivity contribution in [2.75, 3.05) is 33.4 Å². The Morgan fingerprint density at radius 3 is 3.00 bits per heavy atom. The number of ether oxygens (including phenoxy) is 2. The van der Waals surface area contributed by atoms with Crippen LogP contribution < -0.4 is 10.1 Å². The number of rotatable bonds is 6. The number of aliphatic hydroxyl groups is 1. The van der Waals surface area contributed by atoms with Gasteiger partial charge in [0.25, 0.3) is 0 Å². The highest BCUT2D eigenvalue weighted by atomic mass is 35.5. The molecular weight excluding hydrogens is 301 g/mol. The van der Waals surface area contributed by atoms with Gasteiger partial charge in [-0.3, -0.25) is 0 Å². The van der Waals surface area contributed by atoms with Gasteiger partial charge in [-0.15, -0.1) is 0 Å². The molecule has 6 heteroatoms. The van der Waals surface area contributed by atoms with Crippen LogP contribution in [-0.2, 0) is 4.74 Å². The topological polar surface area (TPSA) is 50.7 Å². The number of fused-ring (bicyclic) bond motifs is 1. The zero-order valence-corrected chi connectivity index (χ0v) is 12.7. The van der Waals surface area contributed by atoms with E-state index in [0.717, 1.165) is 11.1 Å². The van der Waals surface area contributed by atoms with Crippen molar-refractivity contribution in [1.82, 2.24) is 5.32 Å². The molecule has 0 amide bonds. The number of benzene rings is 1. The molecule has 1 aliphatic heterocycles. The molecular formula is C14H17Cl2NO3. The van der Waals surface area contributed by atoms with Crippen LogP contribution in [0.2, 0.25) is 10.0 Å². The van der Waals surface area contributed by atoms with E-state index in [4.69, 9.17) is 32.7 Å². The molecule has 2 N–H and O–H groups in total. The maximum Gasteiger partial charge on any atom is 0.145 e. The van der Waals surface area contributed by atoms with Crippen molar-refractivity contribution in [3.05, 3.63) is 33.3 Å². The van der Waals surface area contributed by atoms with Gasteiger partial charge in [-0.2, -0.15) is 0 Å². The lowest BCUT2D eigenvalue weighted by molar-refractivity contribution is 0.0650. The van der Waals surface area contributed by atoms with Gasteiger partial charge < -0.3 is 19.9 Å². The van der Waals surface area contributed by atoms with Crippen molar-refractivity contribution in [2.45, 2.75) is 6.10 Å². The third kappa shape index (κ3) is 4.11. The first-order valence-corrected chi connectivity index (χ1v) is 7.04. The SMILES string of the molecule is COCC(O)CNCC1=Cc2cc(Cl)cc(Cl)c2OC1. The molecule has 0 saturated carbocycles. The first kappa shape index (κ1) is 15.6. The summed E-state index contributed by atoms with van der Waals surface area (Å²) in [6, 6.07) is 3.49. The van der Waals surface area contributed by atoms with Crippen LogP contribution in [0.3, 0.4) is 0 Å². The predicted octanol–water partition coefficient (Wildman–Crippen LogP) is 2.37. The van der Waals surface area contributed by atoms with E-state index in [-0.39, 0.29) is 0 Å². The van der Waals surface area contributed by atoms with Gasteiger partial charge in [-0.1, -0.05) is 23.2 Å². The van der Waals surface area contributed by atoms with Crippen LogP contribution >= 0.6 is 23.2 Å². The number of aliphatic hydroxyl groups excluding tert-OH is 1. The quantitative estimate of drug-likeness (QED) is 0.845. The fourth-order valence-electron chi connectivity index (χ4n) is 2.02. The molecule has 0 radical (unpaired) electrons. The Labute approximate surface area is 128 Å². The number of methoxy groups -OCH3 is 1. The molecule has 1 unspecified atom stereocenters. The maximum absolute atomic E-state index is 9.54. The Hall–Kier alpha value is -0.780. The lowest BCUT2D eigenvalue weighted by atomic mass is 10.1. The van der Waals surface area contributed by atoms with Crippen LogP contribution in [0.5, 0.6) is 5.75 Å². The second kappa shape index (κ2) is 7.29. The third-order valence-corrected chi connectivity index (χ3v) is 3.39. The fraction of sp³-hybridized carbons (Fsp3) is 0.429. The van der Waals surface area contributed by atoms with Gasteiger partial charge in [-0.05, 0) is 23.8 Å². The highest BCUT2D eigenvalue weighted by Gasteiger charge is 2.15. The molecule has 110 valence electrons. The van der Waals surface area contributed by atoms with Crippen molar-refractivity contribution >= 4 is 29.3 Å². The summed E-state index contributed by atoms with van der Waals surface area (Å²) in [6.07, 6.45) is 1.49. The molecule has 0 aliphatic carbocycles. The lowest BCUT2D eigenvalue weighted by Gasteiger charge is -2.20. The van der Waals surface area contributed by atoms with E-state index in [9.17, 15) is 5.11 Å². The molecule has 1 atom stereocenters. The van der Waals surface area contributed by atoms with Gasteiger partial charge in [0.15, 0.2) is 0 Å². The van der Waals surface area contributed by atoms with Crippen molar-refractivity contribution in [3.63, 3.8) is 0 Å². The summed E-state index contributed by atoms with van der Waals surface area (Å²) < 4.78 is 10.5. The number of halogens is 2. The second-order valence-corrected chi connectivity index (χ2v) is 5.48. The molecule has 1 aliphatic rings. The Bertz CT molecular complexity index is 505. The average Bonchev–Trinajstić information content (AvgIpc) is 2.38. The Morgan fingerprint density at radius 1 is 1.45 bits per heavy atom. The summed E-state index contributed by atoms with van der Waals surface area (Å²) in [6.45, 7) is 1.89. The smallest absolute Gasteiger partial charge is 0.145 e. The summed E-state index contributed by atoms with van der Waals surface area (Å²) in [7, 11) is 1.56. The minimum Gasteiger partial charge on any atom is -0.487 e. The number of nitrogens with one attached hydrogen (secondary N) is 1. The standard InChI is InChI=1S/C14H17Cl2NO3/c1-19-8-12(18)6-17-5-9-2-10-3-11(15)4-13(16)14(10)20-7-9/h2-4,12,17-18H,5-8H2,1H3. The minimum atomic E-state index is -0.513. The highest BCUT2D eigenvalue weighted by molar-refractivity contribution is 6.36. The first-order valence-electron chi connectivity index (χ1n) is 6.29. The molecule has 2 rings (SSSR count). The number of hydrogen-bond donors (Lipinski definition) is 2. The van der Waals surface area contributed by atoms with Crippen molar-refractivity contribution < 1.29 is 14.6 Å². The van der Waals surface area contributed by atoms with E-state index >= 15 is 0 Å². The van der Waals surface area contributed by atoms with Crippen LogP contribution in [0.1, 0.15) is 5.56 Å². The van der Waals surface area contributed by atoms with E-state index in [1.807, 2.05) is 12.1 Å². The van der Waals surface area contributed by atoms with Crippen molar-refractivity contribution in [3.8, 4) is 5.75 Å². The molecule has 4 nitrogen and oxygen atoms in total. The molecule has 1 aromatic rings. The molecule has 0 aromatic heterocycles. The maximum atomic E-state index is 9.54. The summed E-state index contributed by atoms with van der Waals surface area (Å²) in [4.78, 5) is 0. The molecule has 0 fully saturated rings. The number of hydrogen-bond acceptors (Lipinski definition) is 4. The Kier molecular flexibility index (Phi) is 5.69. The Morgan fingerprint density at radius 2 is 2.25 bits per heavy atom. The van der Waals surface area contributed by atoms with Gasteiger partial charge in [-0.25, -0.2) is 0 Å². The van der Waals surface area contributed by atoms with Crippen molar-refractivity contribution in [2.24, 2.45) is 0 Å². The highest BCUT2D eigenvalue weighted by Crippen LogP contribution is 2.36. The van der Waals surface area contributed by atoms with E-state index in [2.05, 4.69) is 5.32 Å².